The summed E-state index contributed by atoms with van der Waals surface area (Å²) in [5, 5.41) is 4.22. The number of rotatable bonds is 6. The van der Waals surface area contributed by atoms with Gasteiger partial charge in [-0.2, -0.15) is 13.2 Å². The van der Waals surface area contributed by atoms with E-state index in [9.17, 15) is 18.0 Å². The number of nitrogens with zero attached hydrogens (tertiary/aromatic N) is 3. The van der Waals surface area contributed by atoms with Crippen molar-refractivity contribution in [3.05, 3.63) is 65.6 Å². The van der Waals surface area contributed by atoms with Crippen LogP contribution in [0, 0.1) is 0 Å². The molecule has 1 amide bonds. The predicted octanol–water partition coefficient (Wildman–Crippen LogP) is 3.41. The summed E-state index contributed by atoms with van der Waals surface area (Å²) < 4.78 is 54.9. The van der Waals surface area contributed by atoms with Crippen LogP contribution in [0.5, 0.6) is 5.75 Å². The molecule has 2 aliphatic heterocycles. The summed E-state index contributed by atoms with van der Waals surface area (Å²) in [5.74, 6) is -0.776. The van der Waals surface area contributed by atoms with Crippen molar-refractivity contribution < 1.29 is 27.4 Å². The number of allylic oxidation sites excluding steroid dienone is 1. The number of carbonyl (C=O) groups is 1. The molecular formula is C25H26F3N5O3. The Hall–Kier alpha value is -3.57. The van der Waals surface area contributed by atoms with Gasteiger partial charge in [-0.25, -0.2) is 15.4 Å². The Bertz CT molecular complexity index is 1320. The second-order valence-electron chi connectivity index (χ2n) is 8.76. The lowest BCUT2D eigenvalue weighted by Crippen LogP contribution is -2.54. The van der Waals surface area contributed by atoms with Crippen LogP contribution in [0.4, 0.5) is 13.2 Å². The number of halogens is 3. The number of nitrogens with one attached hydrogen (secondary N) is 2. The van der Waals surface area contributed by atoms with Crippen LogP contribution in [-0.4, -0.2) is 59.7 Å². The molecule has 0 radical (unpaired) electrons. The molecule has 5 rings (SSSR count). The van der Waals surface area contributed by atoms with E-state index in [0.29, 0.717) is 41.5 Å². The number of hydrogen-bond donors (Lipinski definition) is 2. The maximum absolute atomic E-state index is 14.1. The molecule has 3 unspecified atom stereocenters. The van der Waals surface area contributed by atoms with Crippen LogP contribution in [0.15, 0.2) is 54.2 Å². The van der Waals surface area contributed by atoms with Gasteiger partial charge in [-0.1, -0.05) is 36.4 Å². The fourth-order valence-corrected chi connectivity index (χ4v) is 5.04. The summed E-state index contributed by atoms with van der Waals surface area (Å²) in [7, 11) is 3.09. The zero-order chi connectivity index (χ0) is 25.6. The minimum absolute atomic E-state index is 0.183. The van der Waals surface area contributed by atoms with Gasteiger partial charge < -0.3 is 19.4 Å². The molecule has 8 nitrogen and oxygen atoms in total. The number of aromatic nitrogens is 2. The molecule has 3 heterocycles. The molecule has 2 aliphatic rings. The van der Waals surface area contributed by atoms with E-state index >= 15 is 0 Å². The highest BCUT2D eigenvalue weighted by atomic mass is 19.4. The highest BCUT2D eigenvalue weighted by Gasteiger charge is 2.58. The Morgan fingerprint density at radius 2 is 1.83 bits per heavy atom. The summed E-state index contributed by atoms with van der Waals surface area (Å²) in [5.41, 5.74) is 4.82. The number of hydrazine groups is 1. The number of hydrogen-bond acceptors (Lipinski definition) is 6. The van der Waals surface area contributed by atoms with Gasteiger partial charge >= 0.3 is 6.18 Å². The van der Waals surface area contributed by atoms with Crippen LogP contribution in [0.25, 0.3) is 16.6 Å². The number of carbonyl (C=O) groups excluding carboxylic acids is 1. The Kier molecular flexibility index (Phi) is 6.13. The van der Waals surface area contributed by atoms with E-state index in [1.165, 1.54) is 7.11 Å². The molecule has 0 spiro atoms. The van der Waals surface area contributed by atoms with Crippen LogP contribution in [0.3, 0.4) is 0 Å². The van der Waals surface area contributed by atoms with Gasteiger partial charge in [0.1, 0.15) is 34.9 Å². The zero-order valence-electron chi connectivity index (χ0n) is 20.0. The van der Waals surface area contributed by atoms with Gasteiger partial charge in [0.05, 0.1) is 25.2 Å². The lowest BCUT2D eigenvalue weighted by atomic mass is 9.89. The van der Waals surface area contributed by atoms with Crippen LogP contribution in [0.1, 0.15) is 24.2 Å². The fraction of sp³-hybridized carbons (Fsp3) is 0.360. The van der Waals surface area contributed by atoms with E-state index in [4.69, 9.17) is 14.5 Å². The number of fused-ring (bicyclic) bond motifs is 2. The first-order valence-electron chi connectivity index (χ1n) is 11.5. The average molecular weight is 502 g/mol. The Labute approximate surface area is 205 Å². The van der Waals surface area contributed by atoms with Crippen LogP contribution in [0.2, 0.25) is 0 Å². The molecule has 36 heavy (non-hydrogen) atoms. The Morgan fingerprint density at radius 3 is 2.50 bits per heavy atom. The molecule has 0 bridgehead atoms. The molecule has 0 aliphatic carbocycles. The maximum atomic E-state index is 14.1. The Balaban J connectivity index is 1.63. The molecule has 1 fully saturated rings. The molecule has 1 saturated heterocycles. The highest BCUT2D eigenvalue weighted by Crippen LogP contribution is 2.42. The summed E-state index contributed by atoms with van der Waals surface area (Å²) in [6, 6.07) is 11.9. The summed E-state index contributed by atoms with van der Waals surface area (Å²) in [6.07, 6.45) is -5.51. The molecule has 0 saturated carbocycles. The van der Waals surface area contributed by atoms with Gasteiger partial charge in [0.2, 0.25) is 0 Å². The Morgan fingerprint density at radius 1 is 1.08 bits per heavy atom. The monoisotopic (exact) mass is 501 g/mol. The smallest absolute Gasteiger partial charge is 0.406 e. The number of benzene rings is 2. The quantitative estimate of drug-likeness (QED) is 0.539. The number of para-hydroxylation sites is 1. The van der Waals surface area contributed by atoms with Gasteiger partial charge in [0, 0.05) is 19.4 Å². The number of alkyl halides is 3. The number of amides is 1. The molecule has 190 valence electrons. The molecule has 1 aromatic heterocycles. The lowest BCUT2D eigenvalue weighted by molar-refractivity contribution is -0.161. The van der Waals surface area contributed by atoms with Gasteiger partial charge in [-0.05, 0) is 24.6 Å². The highest BCUT2D eigenvalue weighted by molar-refractivity contribution is 6.20. The van der Waals surface area contributed by atoms with Crippen LogP contribution < -0.4 is 15.5 Å². The molecule has 11 heteroatoms. The second-order valence-corrected chi connectivity index (χ2v) is 8.76. The van der Waals surface area contributed by atoms with E-state index in [1.54, 1.807) is 50.4 Å². The van der Waals surface area contributed by atoms with E-state index in [1.807, 2.05) is 16.7 Å². The summed E-state index contributed by atoms with van der Waals surface area (Å²) in [6.45, 7) is 2.42. The molecular weight excluding hydrogens is 475 g/mol. The zero-order valence-corrected chi connectivity index (χ0v) is 20.0. The van der Waals surface area contributed by atoms with Crippen molar-refractivity contribution in [1.82, 2.24) is 25.3 Å². The minimum Gasteiger partial charge on any atom is -0.494 e. The van der Waals surface area contributed by atoms with Crippen molar-refractivity contribution in [2.24, 2.45) is 0 Å². The summed E-state index contributed by atoms with van der Waals surface area (Å²) >= 11 is 0. The van der Waals surface area contributed by atoms with Gasteiger partial charge in [-0.15, -0.1) is 0 Å². The van der Waals surface area contributed by atoms with Crippen molar-refractivity contribution >= 4 is 22.5 Å². The summed E-state index contributed by atoms with van der Waals surface area (Å²) in [4.78, 5) is 18.5. The average Bonchev–Trinajstić information content (AvgIpc) is 3.42. The third-order valence-corrected chi connectivity index (χ3v) is 6.67. The third kappa shape index (κ3) is 3.88. The van der Waals surface area contributed by atoms with Crippen LogP contribution >= 0.6 is 0 Å². The first-order chi connectivity index (χ1) is 17.3. The largest absolute Gasteiger partial charge is 0.494 e. The van der Waals surface area contributed by atoms with Gasteiger partial charge in [-0.3, -0.25) is 4.79 Å². The fourth-order valence-electron chi connectivity index (χ4n) is 5.04. The standard InChI is InChI=1S/C25H26F3N5O3/c1-14-18(22-30-20-16(32(22)12-13-35-2)10-7-11-17(20)36-3)24(34)33-23(29-14)19(15-8-5-4-6-9-15)21(31-33)25(26,27)28/h4-11,19,21,23,29,31H,12-13H2,1-3H3. The minimum atomic E-state index is -4.58. The molecule has 2 aromatic carbocycles. The second kappa shape index (κ2) is 9.14. The first kappa shape index (κ1) is 24.1. The van der Waals surface area contributed by atoms with E-state index in [-0.39, 0.29) is 5.57 Å². The van der Waals surface area contributed by atoms with Crippen LogP contribution in [-0.2, 0) is 16.1 Å². The number of methoxy groups -OCH3 is 2. The van der Waals surface area contributed by atoms with E-state index in [2.05, 4.69) is 10.7 Å². The van der Waals surface area contributed by atoms with Crippen molar-refractivity contribution in [2.45, 2.75) is 37.8 Å². The third-order valence-electron chi connectivity index (χ3n) is 6.67. The maximum Gasteiger partial charge on any atom is 0.406 e. The normalized spacial score (nSPS) is 22.2. The van der Waals surface area contributed by atoms with Gasteiger partial charge in [0.25, 0.3) is 5.91 Å². The number of imidazole rings is 1. The molecule has 3 atom stereocenters. The predicted molar refractivity (Wildman–Crippen MR) is 127 cm³/mol. The molecule has 2 N–H and O–H groups in total. The number of ether oxygens (including phenoxy) is 2. The van der Waals surface area contributed by atoms with E-state index in [0.717, 1.165) is 10.5 Å². The lowest BCUT2D eigenvalue weighted by Gasteiger charge is -2.35. The van der Waals surface area contributed by atoms with Crippen molar-refractivity contribution in [3.63, 3.8) is 0 Å². The van der Waals surface area contributed by atoms with Crippen molar-refractivity contribution in [1.29, 1.82) is 0 Å². The van der Waals surface area contributed by atoms with Gasteiger partial charge in [0.15, 0.2) is 0 Å². The molecule has 3 aromatic rings. The SMILES string of the molecule is COCCn1c(C2=C(C)NC3C(c4ccccc4)C(C(F)(F)F)NN3C2=O)nc2c(OC)cccc21. The van der Waals surface area contributed by atoms with E-state index < -0.39 is 30.2 Å². The topological polar surface area (TPSA) is 80.7 Å². The van der Waals surface area contributed by atoms with Crippen molar-refractivity contribution in [2.75, 3.05) is 20.8 Å². The van der Waals surface area contributed by atoms with Crippen molar-refractivity contribution in [3.8, 4) is 5.75 Å². The first-order valence-corrected chi connectivity index (χ1v) is 11.5.